The highest BCUT2D eigenvalue weighted by Crippen LogP contribution is 2.25. The van der Waals surface area contributed by atoms with E-state index in [-0.39, 0.29) is 5.91 Å². The fourth-order valence-electron chi connectivity index (χ4n) is 3.43. The molecule has 1 aliphatic rings. The summed E-state index contributed by atoms with van der Waals surface area (Å²) in [4.78, 5) is 12.5. The van der Waals surface area contributed by atoms with E-state index in [4.69, 9.17) is 5.73 Å². The Bertz CT molecular complexity index is 945. The minimum Gasteiger partial charge on any atom is -0.326 e. The van der Waals surface area contributed by atoms with Gasteiger partial charge in [-0.25, -0.2) is 0 Å². The molecule has 0 spiro atoms. The van der Waals surface area contributed by atoms with Crippen LogP contribution in [0.15, 0.2) is 48.5 Å². The molecule has 4 rings (SSSR count). The smallest absolute Gasteiger partial charge is 0.255 e. The molecule has 0 atom stereocenters. The van der Waals surface area contributed by atoms with E-state index >= 15 is 0 Å². The number of carbonyl (C=O) groups is 1. The lowest BCUT2D eigenvalue weighted by Crippen LogP contribution is -2.12. The van der Waals surface area contributed by atoms with Gasteiger partial charge in [0.25, 0.3) is 5.91 Å². The van der Waals surface area contributed by atoms with Gasteiger partial charge in [-0.15, -0.1) is 10.2 Å². The van der Waals surface area contributed by atoms with Gasteiger partial charge < -0.3 is 15.6 Å². The molecular formula is C21H23N5O. The van der Waals surface area contributed by atoms with Crippen molar-refractivity contribution in [3.05, 3.63) is 65.5 Å². The Morgan fingerprint density at radius 3 is 2.74 bits per heavy atom. The maximum atomic E-state index is 12.5. The molecular weight excluding hydrogens is 338 g/mol. The van der Waals surface area contributed by atoms with Gasteiger partial charge in [0.2, 0.25) is 0 Å². The van der Waals surface area contributed by atoms with Crippen LogP contribution >= 0.6 is 0 Å². The molecule has 27 heavy (non-hydrogen) atoms. The summed E-state index contributed by atoms with van der Waals surface area (Å²) in [5.74, 6) is 1.78. The van der Waals surface area contributed by atoms with Crippen LogP contribution in [-0.4, -0.2) is 20.7 Å². The van der Waals surface area contributed by atoms with Gasteiger partial charge in [-0.3, -0.25) is 4.79 Å². The second-order valence-electron chi connectivity index (χ2n) is 6.84. The van der Waals surface area contributed by atoms with Gasteiger partial charge in [-0.05, 0) is 42.7 Å². The molecule has 0 saturated heterocycles. The summed E-state index contributed by atoms with van der Waals surface area (Å²) in [5, 5.41) is 11.7. The van der Waals surface area contributed by atoms with Crippen LogP contribution in [-0.2, 0) is 19.5 Å². The Kier molecular flexibility index (Phi) is 4.98. The quantitative estimate of drug-likeness (QED) is 0.746. The first-order chi connectivity index (χ1) is 13.2. The van der Waals surface area contributed by atoms with E-state index in [9.17, 15) is 4.79 Å². The molecule has 1 amide bonds. The molecule has 6 nitrogen and oxygen atoms in total. The van der Waals surface area contributed by atoms with E-state index in [0.29, 0.717) is 12.1 Å². The standard InChI is InChI=1S/C21H23N5O/c22-14-15-8-10-16(11-9-15)21(27)23-18-6-4-5-17(13-18)20-25-24-19-7-2-1-3-12-26(19)20/h4-6,8-11,13H,1-3,7,12,14,22H2,(H,23,27). The van der Waals surface area contributed by atoms with E-state index in [1.54, 1.807) is 12.1 Å². The first-order valence-corrected chi connectivity index (χ1v) is 9.37. The van der Waals surface area contributed by atoms with Crippen molar-refractivity contribution in [2.45, 2.75) is 38.8 Å². The van der Waals surface area contributed by atoms with E-state index < -0.39 is 0 Å². The predicted octanol–water partition coefficient (Wildman–Crippen LogP) is 3.38. The third-order valence-electron chi connectivity index (χ3n) is 4.94. The minimum absolute atomic E-state index is 0.143. The molecule has 0 saturated carbocycles. The Balaban J connectivity index is 1.56. The molecule has 2 aromatic carbocycles. The largest absolute Gasteiger partial charge is 0.326 e. The van der Waals surface area contributed by atoms with E-state index in [2.05, 4.69) is 20.1 Å². The number of aryl methyl sites for hydroxylation is 1. The van der Waals surface area contributed by atoms with Crippen molar-refractivity contribution in [1.82, 2.24) is 14.8 Å². The number of hydrogen-bond acceptors (Lipinski definition) is 4. The molecule has 0 fully saturated rings. The van der Waals surface area contributed by atoms with Crippen LogP contribution < -0.4 is 11.1 Å². The van der Waals surface area contributed by atoms with Crippen LogP contribution in [0.2, 0.25) is 0 Å². The first-order valence-electron chi connectivity index (χ1n) is 9.37. The Morgan fingerprint density at radius 1 is 1.07 bits per heavy atom. The summed E-state index contributed by atoms with van der Waals surface area (Å²) >= 11 is 0. The van der Waals surface area contributed by atoms with Crippen LogP contribution in [0.3, 0.4) is 0 Å². The molecule has 0 radical (unpaired) electrons. The number of rotatable bonds is 4. The number of nitrogens with one attached hydrogen (secondary N) is 1. The van der Waals surface area contributed by atoms with Crippen LogP contribution in [0.4, 0.5) is 5.69 Å². The topological polar surface area (TPSA) is 85.8 Å². The number of nitrogens with two attached hydrogens (primary N) is 1. The highest BCUT2D eigenvalue weighted by Gasteiger charge is 2.16. The van der Waals surface area contributed by atoms with Gasteiger partial charge in [0.15, 0.2) is 5.82 Å². The summed E-state index contributed by atoms with van der Waals surface area (Å²) in [6, 6.07) is 15.1. The van der Waals surface area contributed by atoms with Gasteiger partial charge in [0, 0.05) is 36.3 Å². The van der Waals surface area contributed by atoms with Crippen LogP contribution in [0.1, 0.15) is 41.0 Å². The minimum atomic E-state index is -0.143. The fourth-order valence-corrected chi connectivity index (χ4v) is 3.43. The van der Waals surface area contributed by atoms with E-state index in [1.165, 1.54) is 6.42 Å². The summed E-state index contributed by atoms with van der Waals surface area (Å²) in [6.45, 7) is 1.41. The zero-order valence-corrected chi connectivity index (χ0v) is 15.2. The van der Waals surface area contributed by atoms with Crippen molar-refractivity contribution in [3.8, 4) is 11.4 Å². The Labute approximate surface area is 158 Å². The number of nitrogens with zero attached hydrogens (tertiary/aromatic N) is 3. The fraction of sp³-hybridized carbons (Fsp3) is 0.286. The number of benzene rings is 2. The van der Waals surface area contributed by atoms with Crippen molar-refractivity contribution in [2.24, 2.45) is 5.73 Å². The Hall–Kier alpha value is -2.99. The van der Waals surface area contributed by atoms with Crippen molar-refractivity contribution < 1.29 is 4.79 Å². The summed E-state index contributed by atoms with van der Waals surface area (Å²) in [6.07, 6.45) is 4.51. The molecule has 3 aromatic rings. The molecule has 0 bridgehead atoms. The van der Waals surface area contributed by atoms with Gasteiger partial charge in [-0.1, -0.05) is 30.7 Å². The molecule has 138 valence electrons. The third kappa shape index (κ3) is 3.75. The second kappa shape index (κ2) is 7.72. The first kappa shape index (κ1) is 17.4. The SMILES string of the molecule is NCc1ccc(C(=O)Nc2cccc(-c3nnc4n3CCCCC4)c2)cc1. The zero-order valence-electron chi connectivity index (χ0n) is 15.2. The van der Waals surface area contributed by atoms with Crippen molar-refractivity contribution in [2.75, 3.05) is 5.32 Å². The molecule has 6 heteroatoms. The van der Waals surface area contributed by atoms with Crippen molar-refractivity contribution in [1.29, 1.82) is 0 Å². The lowest BCUT2D eigenvalue weighted by atomic mass is 10.1. The van der Waals surface area contributed by atoms with Crippen LogP contribution in [0.25, 0.3) is 11.4 Å². The van der Waals surface area contributed by atoms with E-state index in [1.807, 2.05) is 36.4 Å². The maximum absolute atomic E-state index is 12.5. The van der Waals surface area contributed by atoms with Gasteiger partial charge in [-0.2, -0.15) is 0 Å². The molecule has 0 unspecified atom stereocenters. The summed E-state index contributed by atoms with van der Waals surface area (Å²) < 4.78 is 2.21. The van der Waals surface area contributed by atoms with Gasteiger partial charge >= 0.3 is 0 Å². The number of aromatic nitrogens is 3. The van der Waals surface area contributed by atoms with Crippen molar-refractivity contribution >= 4 is 11.6 Å². The molecule has 1 aliphatic heterocycles. The highest BCUT2D eigenvalue weighted by molar-refractivity contribution is 6.04. The molecule has 0 aliphatic carbocycles. The number of anilines is 1. The lowest BCUT2D eigenvalue weighted by Gasteiger charge is -2.10. The van der Waals surface area contributed by atoms with Gasteiger partial charge in [0.05, 0.1) is 0 Å². The normalized spacial score (nSPS) is 13.7. The predicted molar refractivity (Wildman–Crippen MR) is 105 cm³/mol. The summed E-state index contributed by atoms with van der Waals surface area (Å²) in [5.41, 5.74) is 8.92. The monoisotopic (exact) mass is 361 g/mol. The lowest BCUT2D eigenvalue weighted by molar-refractivity contribution is 0.102. The second-order valence-corrected chi connectivity index (χ2v) is 6.84. The average Bonchev–Trinajstić information content (AvgIpc) is 2.96. The average molecular weight is 361 g/mol. The maximum Gasteiger partial charge on any atom is 0.255 e. The van der Waals surface area contributed by atoms with Gasteiger partial charge in [0.1, 0.15) is 5.82 Å². The number of fused-ring (bicyclic) bond motifs is 1. The highest BCUT2D eigenvalue weighted by atomic mass is 16.1. The number of hydrogen-bond donors (Lipinski definition) is 2. The third-order valence-corrected chi connectivity index (χ3v) is 4.94. The number of amides is 1. The Morgan fingerprint density at radius 2 is 1.93 bits per heavy atom. The van der Waals surface area contributed by atoms with Crippen LogP contribution in [0, 0.1) is 0 Å². The van der Waals surface area contributed by atoms with Crippen molar-refractivity contribution in [3.63, 3.8) is 0 Å². The van der Waals surface area contributed by atoms with Crippen LogP contribution in [0.5, 0.6) is 0 Å². The molecule has 3 N–H and O–H groups in total. The number of carbonyl (C=O) groups excluding carboxylic acids is 1. The summed E-state index contributed by atoms with van der Waals surface area (Å²) in [7, 11) is 0. The zero-order chi connectivity index (χ0) is 18.6. The molecule has 2 heterocycles. The molecule has 1 aromatic heterocycles. The van der Waals surface area contributed by atoms with E-state index in [0.717, 1.165) is 54.3 Å².